The smallest absolute Gasteiger partial charge is 0.223 e. The lowest BCUT2D eigenvalue weighted by Crippen LogP contribution is -1.97. The van der Waals surface area contributed by atoms with E-state index in [4.69, 9.17) is 11.6 Å². The van der Waals surface area contributed by atoms with Gasteiger partial charge in [-0.25, -0.2) is 9.97 Å². The number of nitrogens with zero attached hydrogens (tertiary/aromatic N) is 5. The molecule has 0 amide bonds. The first-order valence-corrected chi connectivity index (χ1v) is 6.65. The minimum absolute atomic E-state index is 0.483. The molecule has 0 fully saturated rings. The highest BCUT2D eigenvalue weighted by Crippen LogP contribution is 2.30. The normalized spacial score (nSPS) is 10.8. The largest absolute Gasteiger partial charge is 0.357 e. The van der Waals surface area contributed by atoms with Crippen molar-refractivity contribution in [2.24, 2.45) is 0 Å². The summed E-state index contributed by atoms with van der Waals surface area (Å²) in [7, 11) is 1.75. The van der Waals surface area contributed by atoms with Gasteiger partial charge in [-0.1, -0.05) is 17.7 Å². The van der Waals surface area contributed by atoms with Gasteiger partial charge in [-0.15, -0.1) is 10.2 Å². The molecule has 19 heavy (non-hydrogen) atoms. The molecule has 0 spiro atoms. The summed E-state index contributed by atoms with van der Waals surface area (Å²) in [5, 5.41) is 12.9. The van der Waals surface area contributed by atoms with Gasteiger partial charge < -0.3 is 5.32 Å². The Kier molecular flexibility index (Phi) is 3.22. The summed E-state index contributed by atoms with van der Waals surface area (Å²) in [5.74, 6) is 0.515. The Hall–Kier alpha value is -1.86. The van der Waals surface area contributed by atoms with Crippen molar-refractivity contribution in [3.8, 4) is 0 Å². The third kappa shape index (κ3) is 2.34. The van der Waals surface area contributed by atoms with Crippen molar-refractivity contribution in [2.75, 3.05) is 12.4 Å². The molecule has 0 aliphatic carbocycles. The summed E-state index contributed by atoms with van der Waals surface area (Å²) in [6.45, 7) is 0. The van der Waals surface area contributed by atoms with Gasteiger partial charge in [0.2, 0.25) is 11.1 Å². The Bertz CT molecular complexity index is 728. The highest BCUT2D eigenvalue weighted by molar-refractivity contribution is 7.99. The molecule has 0 saturated heterocycles. The van der Waals surface area contributed by atoms with Crippen molar-refractivity contribution in [2.45, 2.75) is 10.2 Å². The molecular weight excluding hydrogens is 284 g/mol. The Balaban J connectivity index is 2.01. The van der Waals surface area contributed by atoms with E-state index >= 15 is 0 Å². The SMILES string of the molecule is CNc1ncc(Cl)c(Sc2nnc3ccccn23)n1. The molecule has 0 aliphatic rings. The zero-order valence-corrected chi connectivity index (χ0v) is 11.5. The molecule has 3 aromatic heterocycles. The Labute approximate surface area is 118 Å². The van der Waals surface area contributed by atoms with Crippen LogP contribution in [-0.4, -0.2) is 31.6 Å². The van der Waals surface area contributed by atoms with Gasteiger partial charge in [0.1, 0.15) is 5.03 Å². The van der Waals surface area contributed by atoms with E-state index < -0.39 is 0 Å². The minimum atomic E-state index is 0.483. The predicted molar refractivity (Wildman–Crippen MR) is 73.7 cm³/mol. The van der Waals surface area contributed by atoms with Crippen molar-refractivity contribution in [1.82, 2.24) is 24.6 Å². The summed E-state index contributed by atoms with van der Waals surface area (Å²) in [6, 6.07) is 5.72. The second kappa shape index (κ2) is 5.02. The number of rotatable bonds is 3. The van der Waals surface area contributed by atoms with E-state index in [-0.39, 0.29) is 0 Å². The van der Waals surface area contributed by atoms with E-state index in [1.807, 2.05) is 28.8 Å². The molecule has 6 nitrogen and oxygen atoms in total. The molecule has 8 heteroatoms. The zero-order valence-electron chi connectivity index (χ0n) is 9.91. The van der Waals surface area contributed by atoms with Crippen LogP contribution in [0.2, 0.25) is 5.02 Å². The molecule has 3 rings (SSSR count). The van der Waals surface area contributed by atoms with Crippen LogP contribution >= 0.6 is 23.4 Å². The zero-order chi connectivity index (χ0) is 13.2. The third-order valence-electron chi connectivity index (χ3n) is 2.41. The second-order valence-corrected chi connectivity index (χ2v) is 4.97. The van der Waals surface area contributed by atoms with Gasteiger partial charge in [-0.3, -0.25) is 4.40 Å². The number of fused-ring (bicyclic) bond motifs is 1. The second-order valence-electron chi connectivity index (χ2n) is 3.61. The average molecular weight is 293 g/mol. The topological polar surface area (TPSA) is 68.0 Å². The molecule has 0 bridgehead atoms. The maximum absolute atomic E-state index is 6.09. The van der Waals surface area contributed by atoms with E-state index in [9.17, 15) is 0 Å². The van der Waals surface area contributed by atoms with Gasteiger partial charge in [-0.2, -0.15) is 0 Å². The fraction of sp³-hybridized carbons (Fsp3) is 0.0909. The Morgan fingerprint density at radius 1 is 1.32 bits per heavy atom. The van der Waals surface area contributed by atoms with Crippen molar-refractivity contribution in [3.05, 3.63) is 35.6 Å². The predicted octanol–water partition coefficient (Wildman–Crippen LogP) is 2.37. The van der Waals surface area contributed by atoms with Gasteiger partial charge in [0.05, 0.1) is 11.2 Å². The number of nitrogens with one attached hydrogen (secondary N) is 1. The van der Waals surface area contributed by atoms with Crippen LogP contribution in [0.15, 0.2) is 40.8 Å². The molecule has 1 N–H and O–H groups in total. The summed E-state index contributed by atoms with van der Waals surface area (Å²) in [4.78, 5) is 8.34. The van der Waals surface area contributed by atoms with Crippen molar-refractivity contribution in [1.29, 1.82) is 0 Å². The number of anilines is 1. The molecule has 3 aromatic rings. The van der Waals surface area contributed by atoms with Crippen LogP contribution in [0.4, 0.5) is 5.95 Å². The Morgan fingerprint density at radius 3 is 3.05 bits per heavy atom. The van der Waals surface area contributed by atoms with Crippen LogP contribution in [0.25, 0.3) is 5.65 Å². The third-order valence-corrected chi connectivity index (χ3v) is 3.76. The van der Waals surface area contributed by atoms with Gasteiger partial charge >= 0.3 is 0 Å². The van der Waals surface area contributed by atoms with Gasteiger partial charge in [0.15, 0.2) is 5.65 Å². The van der Waals surface area contributed by atoms with Gasteiger partial charge in [0.25, 0.3) is 0 Å². The average Bonchev–Trinajstić information content (AvgIpc) is 2.85. The van der Waals surface area contributed by atoms with Crippen molar-refractivity contribution in [3.63, 3.8) is 0 Å². The first-order valence-electron chi connectivity index (χ1n) is 5.46. The number of halogens is 1. The highest BCUT2D eigenvalue weighted by Gasteiger charge is 2.11. The van der Waals surface area contributed by atoms with E-state index in [1.54, 1.807) is 13.2 Å². The molecule has 0 radical (unpaired) electrons. The van der Waals surface area contributed by atoms with Gasteiger partial charge in [-0.05, 0) is 23.9 Å². The fourth-order valence-corrected chi connectivity index (χ4v) is 2.52. The number of pyridine rings is 1. The summed E-state index contributed by atoms with van der Waals surface area (Å²) in [6.07, 6.45) is 3.46. The maximum Gasteiger partial charge on any atom is 0.223 e. The van der Waals surface area contributed by atoms with Crippen LogP contribution in [0.3, 0.4) is 0 Å². The minimum Gasteiger partial charge on any atom is -0.357 e. The standard InChI is InChI=1S/C11H9ClN6S/c1-13-10-14-6-7(12)9(15-10)19-11-17-16-8-4-2-3-5-18(8)11/h2-6H,1H3,(H,13,14,15). The van der Waals surface area contributed by atoms with Crippen LogP contribution < -0.4 is 5.32 Å². The van der Waals surface area contributed by atoms with Crippen LogP contribution in [0.1, 0.15) is 0 Å². The van der Waals surface area contributed by atoms with Crippen molar-refractivity contribution >= 4 is 35.0 Å². The van der Waals surface area contributed by atoms with E-state index in [2.05, 4.69) is 25.5 Å². The van der Waals surface area contributed by atoms with Crippen LogP contribution in [0, 0.1) is 0 Å². The Morgan fingerprint density at radius 2 is 2.21 bits per heavy atom. The highest BCUT2D eigenvalue weighted by atomic mass is 35.5. The summed E-state index contributed by atoms with van der Waals surface area (Å²) < 4.78 is 1.88. The summed E-state index contributed by atoms with van der Waals surface area (Å²) >= 11 is 7.44. The molecule has 0 unspecified atom stereocenters. The lowest BCUT2D eigenvalue weighted by molar-refractivity contribution is 0.915. The molecule has 0 atom stereocenters. The molecule has 3 heterocycles. The van der Waals surface area contributed by atoms with Crippen LogP contribution in [0.5, 0.6) is 0 Å². The maximum atomic E-state index is 6.09. The number of aromatic nitrogens is 5. The molecule has 96 valence electrons. The first-order chi connectivity index (χ1) is 9.28. The van der Waals surface area contributed by atoms with E-state index in [1.165, 1.54) is 11.8 Å². The quantitative estimate of drug-likeness (QED) is 0.748. The lowest BCUT2D eigenvalue weighted by Gasteiger charge is -2.03. The van der Waals surface area contributed by atoms with Crippen LogP contribution in [-0.2, 0) is 0 Å². The first kappa shape index (κ1) is 12.2. The number of hydrogen-bond acceptors (Lipinski definition) is 6. The lowest BCUT2D eigenvalue weighted by atomic mass is 10.5. The van der Waals surface area contributed by atoms with E-state index in [0.717, 1.165) is 5.65 Å². The molecule has 0 aliphatic heterocycles. The summed E-state index contributed by atoms with van der Waals surface area (Å²) in [5.41, 5.74) is 0.781. The number of hydrogen-bond donors (Lipinski definition) is 1. The molecule has 0 saturated carbocycles. The molecular formula is C11H9ClN6S. The van der Waals surface area contributed by atoms with Gasteiger partial charge in [0, 0.05) is 13.2 Å². The molecule has 0 aromatic carbocycles. The van der Waals surface area contributed by atoms with Crippen molar-refractivity contribution < 1.29 is 0 Å². The fourth-order valence-electron chi connectivity index (χ4n) is 1.52. The van der Waals surface area contributed by atoms with E-state index in [0.29, 0.717) is 21.2 Å². The monoisotopic (exact) mass is 292 g/mol.